The van der Waals surface area contributed by atoms with Crippen molar-refractivity contribution in [3.8, 4) is 0 Å². The highest BCUT2D eigenvalue weighted by atomic mass is 19.4. The van der Waals surface area contributed by atoms with E-state index in [1.165, 1.54) is 17.2 Å². The maximum Gasteiger partial charge on any atom is 0.405 e. The molecular weight excluding hydrogens is 341 g/mol. The van der Waals surface area contributed by atoms with Crippen LogP contribution < -0.4 is 15.5 Å². The molecule has 0 aromatic carbocycles. The summed E-state index contributed by atoms with van der Waals surface area (Å²) in [5.74, 6) is -0.703. The number of ether oxygens (including phenoxy) is 1. The molecule has 136 valence electrons. The van der Waals surface area contributed by atoms with E-state index >= 15 is 0 Å². The summed E-state index contributed by atoms with van der Waals surface area (Å²) in [7, 11) is 0. The van der Waals surface area contributed by atoms with Crippen LogP contribution in [-0.2, 0) is 9.53 Å². The van der Waals surface area contributed by atoms with Crippen LogP contribution >= 0.6 is 0 Å². The van der Waals surface area contributed by atoms with Gasteiger partial charge in [-0.15, -0.1) is 0 Å². The van der Waals surface area contributed by atoms with Crippen molar-refractivity contribution in [3.63, 3.8) is 0 Å². The second-order valence-electron chi connectivity index (χ2n) is 5.88. The molecular formula is C15H17F3N4O3. The molecule has 1 unspecified atom stereocenters. The zero-order valence-electron chi connectivity index (χ0n) is 13.2. The van der Waals surface area contributed by atoms with Gasteiger partial charge in [0.2, 0.25) is 5.91 Å². The van der Waals surface area contributed by atoms with Crippen LogP contribution in [0.1, 0.15) is 23.2 Å². The van der Waals surface area contributed by atoms with E-state index in [4.69, 9.17) is 4.74 Å². The van der Waals surface area contributed by atoms with Gasteiger partial charge in [-0.2, -0.15) is 13.2 Å². The van der Waals surface area contributed by atoms with Crippen molar-refractivity contribution < 1.29 is 27.5 Å². The van der Waals surface area contributed by atoms with Crippen LogP contribution in [0.3, 0.4) is 0 Å². The van der Waals surface area contributed by atoms with Gasteiger partial charge in [-0.05, 0) is 18.9 Å². The molecule has 1 aromatic heterocycles. The summed E-state index contributed by atoms with van der Waals surface area (Å²) in [5.41, 5.74) is 0.322. The van der Waals surface area contributed by atoms with Gasteiger partial charge in [0.15, 0.2) is 0 Å². The van der Waals surface area contributed by atoms with Gasteiger partial charge >= 0.3 is 6.18 Å². The predicted molar refractivity (Wildman–Crippen MR) is 82.4 cm³/mol. The minimum absolute atomic E-state index is 0.0446. The van der Waals surface area contributed by atoms with Gasteiger partial charge < -0.3 is 20.3 Å². The number of carbonyl (C=O) groups is 2. The van der Waals surface area contributed by atoms with Crippen LogP contribution in [0.4, 0.5) is 24.7 Å². The molecule has 0 spiro atoms. The quantitative estimate of drug-likeness (QED) is 0.848. The van der Waals surface area contributed by atoms with Crippen molar-refractivity contribution >= 4 is 23.3 Å². The number of alkyl halides is 3. The van der Waals surface area contributed by atoms with E-state index in [0.717, 1.165) is 12.8 Å². The summed E-state index contributed by atoms with van der Waals surface area (Å²) in [6, 6.07) is 1.37. The number of hydrogen-bond donors (Lipinski definition) is 2. The summed E-state index contributed by atoms with van der Waals surface area (Å²) < 4.78 is 42.2. The number of pyridine rings is 1. The molecule has 1 atom stereocenters. The molecule has 0 bridgehead atoms. The number of aromatic nitrogens is 1. The number of hydrogen-bond acceptors (Lipinski definition) is 5. The highest BCUT2D eigenvalue weighted by Gasteiger charge is 2.31. The lowest BCUT2D eigenvalue weighted by Gasteiger charge is -2.31. The summed E-state index contributed by atoms with van der Waals surface area (Å²) in [5, 5.41) is 4.63. The first-order valence-electron chi connectivity index (χ1n) is 7.84. The Bertz CT molecular complexity index is 674. The summed E-state index contributed by atoms with van der Waals surface area (Å²) in [4.78, 5) is 29.6. The average molecular weight is 358 g/mol. The van der Waals surface area contributed by atoms with Crippen molar-refractivity contribution in [2.75, 3.05) is 36.5 Å². The zero-order valence-corrected chi connectivity index (χ0v) is 13.2. The molecule has 10 heteroatoms. The lowest BCUT2D eigenvalue weighted by atomic mass is 10.1. The Morgan fingerprint density at radius 2 is 2.28 bits per heavy atom. The minimum atomic E-state index is -4.50. The molecule has 1 saturated heterocycles. The monoisotopic (exact) mass is 358 g/mol. The van der Waals surface area contributed by atoms with Crippen LogP contribution in [0.15, 0.2) is 12.3 Å². The molecule has 2 N–H and O–H groups in total. The van der Waals surface area contributed by atoms with E-state index in [-0.39, 0.29) is 24.1 Å². The number of nitrogens with zero attached hydrogens (tertiary/aromatic N) is 2. The van der Waals surface area contributed by atoms with E-state index in [0.29, 0.717) is 24.7 Å². The van der Waals surface area contributed by atoms with Crippen molar-refractivity contribution in [1.29, 1.82) is 0 Å². The molecule has 0 aliphatic carbocycles. The van der Waals surface area contributed by atoms with E-state index in [1.807, 2.05) is 0 Å². The van der Waals surface area contributed by atoms with Crippen LogP contribution in [0.2, 0.25) is 0 Å². The number of nitrogens with one attached hydrogen (secondary N) is 2. The molecule has 3 heterocycles. The Balaban J connectivity index is 1.79. The van der Waals surface area contributed by atoms with Crippen molar-refractivity contribution in [3.05, 3.63) is 17.8 Å². The Morgan fingerprint density at radius 1 is 1.48 bits per heavy atom. The van der Waals surface area contributed by atoms with Crippen molar-refractivity contribution in [2.45, 2.75) is 25.1 Å². The first-order valence-corrected chi connectivity index (χ1v) is 7.84. The summed E-state index contributed by atoms with van der Waals surface area (Å²) in [6.45, 7) is -0.412. The van der Waals surface area contributed by atoms with Gasteiger partial charge in [0, 0.05) is 12.8 Å². The summed E-state index contributed by atoms with van der Waals surface area (Å²) in [6.07, 6.45) is -1.68. The van der Waals surface area contributed by atoms with Crippen molar-refractivity contribution in [2.24, 2.45) is 0 Å². The Morgan fingerprint density at radius 3 is 2.96 bits per heavy atom. The number of halogens is 3. The topological polar surface area (TPSA) is 83.6 Å². The lowest BCUT2D eigenvalue weighted by molar-refractivity contribution is -0.123. The fourth-order valence-corrected chi connectivity index (χ4v) is 2.78. The minimum Gasteiger partial charge on any atom is -0.376 e. The molecule has 1 aromatic rings. The number of amides is 2. The fourth-order valence-electron chi connectivity index (χ4n) is 2.78. The van der Waals surface area contributed by atoms with E-state index in [1.54, 1.807) is 5.32 Å². The van der Waals surface area contributed by atoms with Gasteiger partial charge in [0.05, 0.1) is 30.4 Å². The third kappa shape index (κ3) is 4.19. The van der Waals surface area contributed by atoms with Gasteiger partial charge in [-0.1, -0.05) is 0 Å². The van der Waals surface area contributed by atoms with Crippen LogP contribution in [0, 0.1) is 0 Å². The normalized spacial score (nSPS) is 20.2. The SMILES string of the molecule is O=C(NCC(F)(F)F)c1cnc2c(c1)N(CC1CCCO1)C(=O)CN2. The van der Waals surface area contributed by atoms with Gasteiger partial charge in [-0.3, -0.25) is 9.59 Å². The number of rotatable bonds is 4. The molecule has 2 amide bonds. The second kappa shape index (κ2) is 6.87. The third-order valence-corrected chi connectivity index (χ3v) is 3.99. The number of carbonyl (C=O) groups excluding carboxylic acids is 2. The van der Waals surface area contributed by atoms with E-state index in [9.17, 15) is 22.8 Å². The molecule has 1 fully saturated rings. The fraction of sp³-hybridized carbons (Fsp3) is 0.533. The number of fused-ring (bicyclic) bond motifs is 1. The van der Waals surface area contributed by atoms with Crippen LogP contribution in [-0.4, -0.2) is 55.3 Å². The maximum absolute atomic E-state index is 12.2. The molecule has 25 heavy (non-hydrogen) atoms. The number of anilines is 2. The Kier molecular flexibility index (Phi) is 4.80. The highest BCUT2D eigenvalue weighted by molar-refractivity contribution is 6.04. The molecule has 0 saturated carbocycles. The van der Waals surface area contributed by atoms with Gasteiger partial charge in [-0.25, -0.2) is 4.98 Å². The second-order valence-corrected chi connectivity index (χ2v) is 5.88. The Hall–Kier alpha value is -2.36. The Labute approximate surface area is 141 Å². The van der Waals surface area contributed by atoms with Gasteiger partial charge in [0.1, 0.15) is 12.4 Å². The summed E-state index contributed by atoms with van der Waals surface area (Å²) >= 11 is 0. The molecule has 2 aliphatic heterocycles. The maximum atomic E-state index is 12.2. The standard InChI is InChI=1S/C15H17F3N4O3/c16-15(17,18)8-21-14(24)9-4-11-13(19-5-9)20-6-12(23)22(11)7-10-2-1-3-25-10/h4-5,10H,1-3,6-8H2,(H,19,20)(H,21,24). The predicted octanol–water partition coefficient (Wildman–Crippen LogP) is 1.31. The average Bonchev–Trinajstić information content (AvgIpc) is 3.07. The molecule has 2 aliphatic rings. The molecule has 7 nitrogen and oxygen atoms in total. The largest absolute Gasteiger partial charge is 0.405 e. The molecule has 3 rings (SSSR count). The first-order chi connectivity index (χ1) is 11.8. The first kappa shape index (κ1) is 17.5. The van der Waals surface area contributed by atoms with Gasteiger partial charge in [0.25, 0.3) is 5.91 Å². The van der Waals surface area contributed by atoms with Crippen molar-refractivity contribution in [1.82, 2.24) is 10.3 Å². The third-order valence-electron chi connectivity index (χ3n) is 3.99. The zero-order chi connectivity index (χ0) is 18.0. The van der Waals surface area contributed by atoms with Crippen LogP contribution in [0.25, 0.3) is 0 Å². The van der Waals surface area contributed by atoms with Crippen LogP contribution in [0.5, 0.6) is 0 Å². The lowest BCUT2D eigenvalue weighted by Crippen LogP contribution is -2.44. The van der Waals surface area contributed by atoms with E-state index in [2.05, 4.69) is 10.3 Å². The smallest absolute Gasteiger partial charge is 0.376 e. The highest BCUT2D eigenvalue weighted by Crippen LogP contribution is 2.30. The van der Waals surface area contributed by atoms with E-state index < -0.39 is 18.6 Å². The molecule has 0 radical (unpaired) electrons.